The molecule has 68 valence electrons. The van der Waals surface area contributed by atoms with Crippen molar-refractivity contribution in [3.05, 3.63) is 23.4 Å². The van der Waals surface area contributed by atoms with E-state index in [0.717, 1.165) is 12.2 Å². The molecule has 2 rings (SSSR count). The Morgan fingerprint density at radius 1 is 1.31 bits per heavy atom. The van der Waals surface area contributed by atoms with Gasteiger partial charge in [0, 0.05) is 24.4 Å². The van der Waals surface area contributed by atoms with Crippen molar-refractivity contribution in [2.75, 3.05) is 0 Å². The van der Waals surface area contributed by atoms with E-state index < -0.39 is 0 Å². The van der Waals surface area contributed by atoms with Gasteiger partial charge in [-0.25, -0.2) is 9.98 Å². The average molecular weight is 174 g/mol. The summed E-state index contributed by atoms with van der Waals surface area (Å²) in [6.45, 7) is 6.67. The Kier molecular flexibility index (Phi) is 1.72. The zero-order valence-corrected chi connectivity index (χ0v) is 8.33. The molecule has 0 spiro atoms. The van der Waals surface area contributed by atoms with Crippen LogP contribution >= 0.6 is 0 Å². The van der Waals surface area contributed by atoms with Crippen LogP contribution in [-0.4, -0.2) is 11.2 Å². The first-order valence-electron chi connectivity index (χ1n) is 4.60. The lowest BCUT2D eigenvalue weighted by molar-refractivity contribution is 0.585. The van der Waals surface area contributed by atoms with E-state index >= 15 is 0 Å². The topological polar surface area (TPSA) is 25.2 Å². The van der Waals surface area contributed by atoms with Gasteiger partial charge in [-0.05, 0) is 17.0 Å². The quantitative estimate of drug-likeness (QED) is 0.593. The second-order valence-corrected chi connectivity index (χ2v) is 4.43. The van der Waals surface area contributed by atoms with Crippen molar-refractivity contribution < 1.29 is 0 Å². The average Bonchev–Trinajstić information content (AvgIpc) is 2.48. The van der Waals surface area contributed by atoms with Crippen LogP contribution in [0.1, 0.15) is 31.9 Å². The second kappa shape index (κ2) is 2.66. The third kappa shape index (κ3) is 1.37. The van der Waals surface area contributed by atoms with Crippen molar-refractivity contribution >= 4 is 12.0 Å². The molecule has 1 aromatic rings. The van der Waals surface area contributed by atoms with Crippen LogP contribution in [-0.2, 0) is 11.8 Å². The first kappa shape index (κ1) is 8.42. The van der Waals surface area contributed by atoms with E-state index in [-0.39, 0.29) is 5.41 Å². The monoisotopic (exact) mass is 174 g/mol. The predicted octanol–water partition coefficient (Wildman–Crippen LogP) is 2.64. The fourth-order valence-electron chi connectivity index (χ4n) is 1.72. The first-order chi connectivity index (χ1) is 6.09. The van der Waals surface area contributed by atoms with Crippen LogP contribution < -0.4 is 0 Å². The molecule has 2 nitrogen and oxygen atoms in total. The molecule has 0 aliphatic carbocycles. The molecule has 0 bridgehead atoms. The van der Waals surface area contributed by atoms with Gasteiger partial charge in [0.1, 0.15) is 0 Å². The Morgan fingerprint density at radius 3 is 2.77 bits per heavy atom. The van der Waals surface area contributed by atoms with E-state index in [1.807, 2.05) is 12.4 Å². The zero-order chi connectivity index (χ0) is 9.47. The van der Waals surface area contributed by atoms with Crippen molar-refractivity contribution in [1.82, 2.24) is 4.98 Å². The highest BCUT2D eigenvalue weighted by Gasteiger charge is 2.21. The molecule has 1 aliphatic rings. The lowest BCUT2D eigenvalue weighted by Gasteiger charge is -2.21. The minimum Gasteiger partial charge on any atom is -0.241 e. The minimum absolute atomic E-state index is 0.195. The summed E-state index contributed by atoms with van der Waals surface area (Å²) in [5, 5.41) is 0. The van der Waals surface area contributed by atoms with E-state index in [4.69, 9.17) is 0 Å². The van der Waals surface area contributed by atoms with Gasteiger partial charge in [-0.1, -0.05) is 20.8 Å². The summed E-state index contributed by atoms with van der Waals surface area (Å²) in [6.07, 6.45) is 4.73. The third-order valence-electron chi connectivity index (χ3n) is 2.35. The van der Waals surface area contributed by atoms with Crippen LogP contribution in [0.5, 0.6) is 0 Å². The number of aromatic nitrogens is 1. The predicted molar refractivity (Wildman–Crippen MR) is 54.8 cm³/mol. The smallest absolute Gasteiger partial charge is 0.155 e. The van der Waals surface area contributed by atoms with E-state index in [9.17, 15) is 0 Å². The second-order valence-electron chi connectivity index (χ2n) is 4.43. The Hall–Kier alpha value is -1.18. The fourth-order valence-corrected chi connectivity index (χ4v) is 1.72. The van der Waals surface area contributed by atoms with Gasteiger partial charge in [-0.3, -0.25) is 0 Å². The molecule has 13 heavy (non-hydrogen) atoms. The van der Waals surface area contributed by atoms with Crippen LogP contribution in [0, 0.1) is 0 Å². The zero-order valence-electron chi connectivity index (χ0n) is 8.33. The van der Waals surface area contributed by atoms with Crippen molar-refractivity contribution in [3.63, 3.8) is 0 Å². The molecule has 0 fully saturated rings. The molecular formula is C11H14N2. The van der Waals surface area contributed by atoms with Crippen LogP contribution in [0.3, 0.4) is 0 Å². The Labute approximate surface area is 78.7 Å². The van der Waals surface area contributed by atoms with Gasteiger partial charge in [0.15, 0.2) is 5.82 Å². The first-order valence-corrected chi connectivity index (χ1v) is 4.60. The van der Waals surface area contributed by atoms with Gasteiger partial charge in [0.05, 0.1) is 0 Å². The lowest BCUT2D eigenvalue weighted by atomic mass is 9.84. The molecule has 0 unspecified atom stereocenters. The molecule has 1 aromatic heterocycles. The summed E-state index contributed by atoms with van der Waals surface area (Å²) in [5.74, 6) is 0.910. The van der Waals surface area contributed by atoms with E-state index in [2.05, 4.69) is 36.8 Å². The number of hydrogen-bond acceptors (Lipinski definition) is 2. The summed E-state index contributed by atoms with van der Waals surface area (Å²) < 4.78 is 0. The normalized spacial score (nSPS) is 14.7. The largest absolute Gasteiger partial charge is 0.241 e. The summed E-state index contributed by atoms with van der Waals surface area (Å²) >= 11 is 0. The van der Waals surface area contributed by atoms with Gasteiger partial charge in [-0.2, -0.15) is 0 Å². The highest BCUT2D eigenvalue weighted by Crippen LogP contribution is 2.32. The van der Waals surface area contributed by atoms with Crippen molar-refractivity contribution in [3.8, 4) is 0 Å². The van der Waals surface area contributed by atoms with Crippen LogP contribution in [0.25, 0.3) is 0 Å². The molecule has 0 saturated heterocycles. The number of aliphatic imine (C=N–C) groups is 1. The molecule has 0 aromatic carbocycles. The lowest BCUT2D eigenvalue weighted by Crippen LogP contribution is -2.13. The molecule has 0 atom stereocenters. The highest BCUT2D eigenvalue weighted by atomic mass is 14.9. The number of rotatable bonds is 0. The Morgan fingerprint density at radius 2 is 2.08 bits per heavy atom. The van der Waals surface area contributed by atoms with Gasteiger partial charge in [0.2, 0.25) is 0 Å². The van der Waals surface area contributed by atoms with Crippen LogP contribution in [0.4, 0.5) is 5.82 Å². The summed E-state index contributed by atoms with van der Waals surface area (Å²) in [6, 6.07) is 2.10. The van der Waals surface area contributed by atoms with E-state index in [1.54, 1.807) is 0 Å². The fraction of sp³-hybridized carbons (Fsp3) is 0.455. The third-order valence-corrected chi connectivity index (χ3v) is 2.35. The Balaban J connectivity index is 2.57. The summed E-state index contributed by atoms with van der Waals surface area (Å²) in [5.41, 5.74) is 2.87. The number of pyridine rings is 1. The SMILES string of the molecule is CC(C)(C)c1ccnc2c1CC=N2. The maximum atomic E-state index is 4.24. The number of nitrogens with zero attached hydrogens (tertiary/aromatic N) is 2. The molecule has 0 N–H and O–H groups in total. The minimum atomic E-state index is 0.195. The summed E-state index contributed by atoms with van der Waals surface area (Å²) in [7, 11) is 0. The maximum Gasteiger partial charge on any atom is 0.155 e. The molecule has 0 radical (unpaired) electrons. The highest BCUT2D eigenvalue weighted by molar-refractivity contribution is 5.75. The van der Waals surface area contributed by atoms with Crippen molar-refractivity contribution in [2.45, 2.75) is 32.6 Å². The molecule has 0 amide bonds. The molecule has 0 saturated carbocycles. The van der Waals surface area contributed by atoms with Gasteiger partial charge in [0.25, 0.3) is 0 Å². The number of fused-ring (bicyclic) bond motifs is 1. The van der Waals surface area contributed by atoms with Crippen molar-refractivity contribution in [2.24, 2.45) is 4.99 Å². The molecule has 2 heterocycles. The molecule has 1 aliphatic heterocycles. The van der Waals surface area contributed by atoms with Gasteiger partial charge >= 0.3 is 0 Å². The summed E-state index contributed by atoms with van der Waals surface area (Å²) in [4.78, 5) is 8.47. The van der Waals surface area contributed by atoms with Crippen LogP contribution in [0.2, 0.25) is 0 Å². The standard InChI is InChI=1S/C11H14N2/c1-11(2,3)9-5-7-13-10-8(9)4-6-12-10/h5-7H,4H2,1-3H3. The molecule has 2 heteroatoms. The van der Waals surface area contributed by atoms with Crippen LogP contribution in [0.15, 0.2) is 17.3 Å². The van der Waals surface area contributed by atoms with Crippen molar-refractivity contribution in [1.29, 1.82) is 0 Å². The van der Waals surface area contributed by atoms with Gasteiger partial charge in [-0.15, -0.1) is 0 Å². The van der Waals surface area contributed by atoms with Gasteiger partial charge < -0.3 is 0 Å². The van der Waals surface area contributed by atoms with E-state index in [1.165, 1.54) is 11.1 Å². The van der Waals surface area contributed by atoms with E-state index in [0.29, 0.717) is 0 Å². The Bertz CT molecular complexity index is 359. The molecular weight excluding hydrogens is 160 g/mol. The maximum absolute atomic E-state index is 4.24. The number of hydrogen-bond donors (Lipinski definition) is 0.